The van der Waals surface area contributed by atoms with E-state index in [1.54, 1.807) is 0 Å². The third-order valence-corrected chi connectivity index (χ3v) is 3.89. The first-order valence-corrected chi connectivity index (χ1v) is 7.86. The molecule has 0 aliphatic carbocycles. The van der Waals surface area contributed by atoms with Gasteiger partial charge in [-0.3, -0.25) is 4.79 Å². The maximum Gasteiger partial charge on any atom is 0.161 e. The van der Waals surface area contributed by atoms with Gasteiger partial charge in [0.2, 0.25) is 0 Å². The highest BCUT2D eigenvalue weighted by Crippen LogP contribution is 2.17. The Morgan fingerprint density at radius 1 is 0.944 bits per heavy atom. The third kappa shape index (κ3) is 8.68. The molecule has 0 bridgehead atoms. The highest BCUT2D eigenvalue weighted by molar-refractivity contribution is 5.82. The Kier molecular flexibility index (Phi) is 11.5. The summed E-state index contributed by atoms with van der Waals surface area (Å²) in [7, 11) is 0. The summed E-state index contributed by atoms with van der Waals surface area (Å²) in [5, 5.41) is 9.70. The number of hydrogen-bond acceptors (Lipinski definition) is 2. The summed E-state index contributed by atoms with van der Waals surface area (Å²) in [6.45, 7) is 6.58. The second-order valence-electron chi connectivity index (χ2n) is 5.41. The molecule has 1 unspecified atom stereocenters. The fourth-order valence-corrected chi connectivity index (χ4v) is 2.32. The number of carbonyl (C=O) groups excluding carboxylic acids is 1. The molecule has 0 aliphatic rings. The molecule has 18 heavy (non-hydrogen) atoms. The number of aliphatic hydroxyl groups excluding tert-OH is 1. The molecule has 0 radical (unpaired) electrons. The van der Waals surface area contributed by atoms with Crippen LogP contribution in [-0.4, -0.2) is 17.0 Å². The van der Waals surface area contributed by atoms with Crippen molar-refractivity contribution in [2.45, 2.75) is 91.1 Å². The minimum atomic E-state index is -0.704. The summed E-state index contributed by atoms with van der Waals surface area (Å²) in [6, 6.07) is 0. The van der Waals surface area contributed by atoms with Gasteiger partial charge in [-0.15, -0.1) is 0 Å². The van der Waals surface area contributed by atoms with Crippen LogP contribution in [0.3, 0.4) is 0 Å². The molecule has 0 amide bonds. The maximum absolute atomic E-state index is 11.5. The summed E-state index contributed by atoms with van der Waals surface area (Å²) in [5.41, 5.74) is 0. The van der Waals surface area contributed by atoms with E-state index in [4.69, 9.17) is 0 Å². The van der Waals surface area contributed by atoms with Crippen LogP contribution in [-0.2, 0) is 4.79 Å². The van der Waals surface area contributed by atoms with E-state index in [-0.39, 0.29) is 5.78 Å². The number of unbranched alkanes of at least 4 members (excludes halogenated alkanes) is 3. The fourth-order valence-electron chi connectivity index (χ4n) is 2.32. The van der Waals surface area contributed by atoms with Crippen molar-refractivity contribution < 1.29 is 9.90 Å². The van der Waals surface area contributed by atoms with Crippen LogP contribution in [0.2, 0.25) is 0 Å². The predicted molar refractivity (Wildman–Crippen MR) is 77.7 cm³/mol. The first kappa shape index (κ1) is 17.6. The molecule has 1 atom stereocenters. The van der Waals surface area contributed by atoms with E-state index < -0.39 is 6.10 Å². The van der Waals surface area contributed by atoms with Crippen molar-refractivity contribution >= 4 is 5.78 Å². The van der Waals surface area contributed by atoms with E-state index in [9.17, 15) is 9.90 Å². The average molecular weight is 256 g/mol. The van der Waals surface area contributed by atoms with Crippen molar-refractivity contribution in [2.75, 3.05) is 0 Å². The summed E-state index contributed by atoms with van der Waals surface area (Å²) in [5.74, 6) is 0.901. The molecular weight excluding hydrogens is 224 g/mol. The first-order chi connectivity index (χ1) is 8.65. The molecule has 0 saturated heterocycles. The number of Topliss-reactive ketones (excluding diaryl/α,β-unsaturated/α-hetero) is 1. The molecular formula is C16H32O2. The zero-order valence-electron chi connectivity index (χ0n) is 12.6. The average Bonchev–Trinajstić information content (AvgIpc) is 2.39. The van der Waals surface area contributed by atoms with Gasteiger partial charge in [0.15, 0.2) is 5.78 Å². The van der Waals surface area contributed by atoms with Gasteiger partial charge in [0.25, 0.3) is 0 Å². The zero-order valence-corrected chi connectivity index (χ0v) is 12.6. The Morgan fingerprint density at radius 3 is 2.11 bits per heavy atom. The zero-order chi connectivity index (χ0) is 13.8. The Hall–Kier alpha value is -0.370. The quantitative estimate of drug-likeness (QED) is 0.522. The molecule has 2 heteroatoms. The summed E-state index contributed by atoms with van der Waals surface area (Å²) < 4.78 is 0. The van der Waals surface area contributed by atoms with Crippen molar-refractivity contribution in [1.82, 2.24) is 0 Å². The molecule has 0 spiro atoms. The molecule has 2 nitrogen and oxygen atoms in total. The fraction of sp³-hybridized carbons (Fsp3) is 0.938. The second-order valence-corrected chi connectivity index (χ2v) is 5.41. The molecule has 108 valence electrons. The number of rotatable bonds is 12. The molecule has 0 aromatic heterocycles. The van der Waals surface area contributed by atoms with E-state index in [2.05, 4.69) is 20.8 Å². The molecule has 0 aromatic rings. The SMILES string of the molecule is CCCCC(=O)C(O)CCCCCC(CC)CC. The molecule has 0 fully saturated rings. The van der Waals surface area contributed by atoms with Crippen LogP contribution in [0, 0.1) is 5.92 Å². The van der Waals surface area contributed by atoms with E-state index >= 15 is 0 Å². The normalized spacial score (nSPS) is 12.9. The standard InChI is InChI=1S/C16H32O2/c1-4-7-12-15(17)16(18)13-10-8-9-11-14(5-2)6-3/h14,16,18H,4-13H2,1-3H3. The van der Waals surface area contributed by atoms with E-state index in [1.807, 2.05) is 0 Å². The second kappa shape index (κ2) is 11.7. The largest absolute Gasteiger partial charge is 0.385 e. The molecule has 1 N–H and O–H groups in total. The number of aliphatic hydroxyl groups is 1. The highest BCUT2D eigenvalue weighted by atomic mass is 16.3. The van der Waals surface area contributed by atoms with Crippen molar-refractivity contribution in [3.8, 4) is 0 Å². The topological polar surface area (TPSA) is 37.3 Å². The van der Waals surface area contributed by atoms with Gasteiger partial charge in [-0.2, -0.15) is 0 Å². The Labute approximate surface area is 113 Å². The minimum Gasteiger partial charge on any atom is -0.385 e. The lowest BCUT2D eigenvalue weighted by atomic mass is 9.95. The molecule has 0 aromatic carbocycles. The van der Waals surface area contributed by atoms with Crippen LogP contribution >= 0.6 is 0 Å². The van der Waals surface area contributed by atoms with Gasteiger partial charge in [-0.05, 0) is 18.8 Å². The Balaban J connectivity index is 3.50. The van der Waals surface area contributed by atoms with Gasteiger partial charge < -0.3 is 5.11 Å². The van der Waals surface area contributed by atoms with Crippen LogP contribution in [0.4, 0.5) is 0 Å². The monoisotopic (exact) mass is 256 g/mol. The minimum absolute atomic E-state index is 0.0387. The number of carbonyl (C=O) groups is 1. The van der Waals surface area contributed by atoms with Crippen molar-refractivity contribution in [1.29, 1.82) is 0 Å². The van der Waals surface area contributed by atoms with Crippen molar-refractivity contribution in [3.63, 3.8) is 0 Å². The van der Waals surface area contributed by atoms with Crippen LogP contribution in [0.5, 0.6) is 0 Å². The third-order valence-electron chi connectivity index (χ3n) is 3.89. The first-order valence-electron chi connectivity index (χ1n) is 7.86. The summed E-state index contributed by atoms with van der Waals surface area (Å²) in [6.07, 6.45) is 9.64. The Bertz CT molecular complexity index is 197. The van der Waals surface area contributed by atoms with Gasteiger partial charge in [0.1, 0.15) is 6.10 Å². The lowest BCUT2D eigenvalue weighted by Gasteiger charge is -2.12. The van der Waals surface area contributed by atoms with Gasteiger partial charge in [0, 0.05) is 6.42 Å². The lowest BCUT2D eigenvalue weighted by molar-refractivity contribution is -0.127. The van der Waals surface area contributed by atoms with Crippen LogP contribution in [0.1, 0.15) is 85.0 Å². The summed E-state index contributed by atoms with van der Waals surface area (Å²) >= 11 is 0. The highest BCUT2D eigenvalue weighted by Gasteiger charge is 2.13. The van der Waals surface area contributed by atoms with E-state index in [1.165, 1.54) is 25.7 Å². The number of hydrogen-bond donors (Lipinski definition) is 1. The van der Waals surface area contributed by atoms with Crippen LogP contribution in [0.25, 0.3) is 0 Å². The van der Waals surface area contributed by atoms with E-state index in [0.29, 0.717) is 12.8 Å². The van der Waals surface area contributed by atoms with Gasteiger partial charge in [-0.25, -0.2) is 0 Å². The smallest absolute Gasteiger partial charge is 0.161 e. The van der Waals surface area contributed by atoms with Crippen molar-refractivity contribution in [2.24, 2.45) is 5.92 Å². The van der Waals surface area contributed by atoms with Crippen LogP contribution in [0.15, 0.2) is 0 Å². The van der Waals surface area contributed by atoms with Crippen LogP contribution < -0.4 is 0 Å². The van der Waals surface area contributed by atoms with Gasteiger partial charge in [-0.1, -0.05) is 65.7 Å². The van der Waals surface area contributed by atoms with Gasteiger partial charge in [0.05, 0.1) is 0 Å². The van der Waals surface area contributed by atoms with Gasteiger partial charge >= 0.3 is 0 Å². The molecule has 0 saturated carbocycles. The predicted octanol–water partition coefficient (Wildman–Crippen LogP) is 4.49. The summed E-state index contributed by atoms with van der Waals surface area (Å²) in [4.78, 5) is 11.5. The molecule has 0 heterocycles. The van der Waals surface area contributed by atoms with E-state index in [0.717, 1.165) is 31.6 Å². The van der Waals surface area contributed by atoms with Crippen molar-refractivity contribution in [3.05, 3.63) is 0 Å². The Morgan fingerprint density at radius 2 is 1.56 bits per heavy atom. The lowest BCUT2D eigenvalue weighted by Crippen LogP contribution is -2.19. The molecule has 0 aliphatic heterocycles. The number of ketones is 1. The maximum atomic E-state index is 11.5. The molecule has 0 rings (SSSR count).